The number of rotatable bonds is 38. The SMILES string of the molecule is CCCCNc1ccc(C(=O)OCCOCCOCCOCCOCCOCCOCCOCCOCCOCCOCC(C)CC)cc1. The molecule has 0 radical (unpaired) electrons. The van der Waals surface area contributed by atoms with Gasteiger partial charge >= 0.3 is 5.97 Å². The summed E-state index contributed by atoms with van der Waals surface area (Å²) >= 11 is 0. The van der Waals surface area contributed by atoms with Crippen molar-refractivity contribution in [3.63, 3.8) is 0 Å². The molecule has 0 aromatic heterocycles. The number of carbonyl (C=O) groups excluding carboxylic acids is 1. The number of esters is 1. The zero-order valence-corrected chi connectivity index (χ0v) is 30.5. The minimum atomic E-state index is -0.359. The van der Waals surface area contributed by atoms with E-state index in [0.717, 1.165) is 38.1 Å². The Morgan fingerprint density at radius 3 is 1.22 bits per heavy atom. The van der Waals surface area contributed by atoms with Crippen molar-refractivity contribution < 1.29 is 56.9 Å². The fraction of sp³-hybridized carbons (Fsp3) is 0.806. The predicted octanol–water partition coefficient (Wildman–Crippen LogP) is 4.27. The number of ether oxygens (including phenoxy) is 11. The summed E-state index contributed by atoms with van der Waals surface area (Å²) in [5, 5.41) is 3.32. The molecule has 13 nitrogen and oxygen atoms in total. The predicted molar refractivity (Wildman–Crippen MR) is 188 cm³/mol. The first-order chi connectivity index (χ1) is 24.2. The van der Waals surface area contributed by atoms with Crippen LogP contribution < -0.4 is 5.32 Å². The highest BCUT2D eigenvalue weighted by atomic mass is 16.6. The lowest BCUT2D eigenvalue weighted by Gasteiger charge is -2.10. The van der Waals surface area contributed by atoms with E-state index < -0.39 is 0 Å². The lowest BCUT2D eigenvalue weighted by atomic mass is 10.1. The molecule has 1 N–H and O–H groups in total. The van der Waals surface area contributed by atoms with Crippen LogP contribution in [0.2, 0.25) is 0 Å². The summed E-state index contributed by atoms with van der Waals surface area (Å²) in [5.74, 6) is 0.234. The molecule has 1 unspecified atom stereocenters. The average molecular weight is 704 g/mol. The summed E-state index contributed by atoms with van der Waals surface area (Å²) in [6.45, 7) is 17.9. The molecule has 0 heterocycles. The minimum Gasteiger partial charge on any atom is -0.460 e. The van der Waals surface area contributed by atoms with Crippen LogP contribution in [0.5, 0.6) is 0 Å². The minimum absolute atomic E-state index is 0.192. The fourth-order valence-corrected chi connectivity index (χ4v) is 3.79. The van der Waals surface area contributed by atoms with Gasteiger partial charge in [-0.15, -0.1) is 0 Å². The summed E-state index contributed by atoms with van der Waals surface area (Å²) in [5.41, 5.74) is 1.52. The van der Waals surface area contributed by atoms with Crippen molar-refractivity contribution in [2.24, 2.45) is 5.92 Å². The lowest BCUT2D eigenvalue weighted by molar-refractivity contribution is -0.0274. The number of unbranched alkanes of at least 4 members (excludes halogenated alkanes) is 1. The molecule has 0 aliphatic carbocycles. The van der Waals surface area contributed by atoms with Crippen LogP contribution in [0.3, 0.4) is 0 Å². The van der Waals surface area contributed by atoms with E-state index in [0.29, 0.717) is 137 Å². The molecule has 1 aromatic rings. The van der Waals surface area contributed by atoms with Gasteiger partial charge in [0, 0.05) is 18.8 Å². The van der Waals surface area contributed by atoms with Gasteiger partial charge in [0.2, 0.25) is 0 Å². The van der Waals surface area contributed by atoms with Crippen LogP contribution in [0.4, 0.5) is 5.69 Å². The number of anilines is 1. The van der Waals surface area contributed by atoms with E-state index in [1.54, 1.807) is 12.1 Å². The molecule has 1 rings (SSSR count). The average Bonchev–Trinajstić information content (AvgIpc) is 3.12. The zero-order valence-electron chi connectivity index (χ0n) is 30.5. The number of hydrogen-bond donors (Lipinski definition) is 1. The summed E-state index contributed by atoms with van der Waals surface area (Å²) in [4.78, 5) is 12.1. The third-order valence-electron chi connectivity index (χ3n) is 6.89. The van der Waals surface area contributed by atoms with Crippen LogP contribution in [-0.2, 0) is 52.1 Å². The van der Waals surface area contributed by atoms with E-state index in [4.69, 9.17) is 52.1 Å². The van der Waals surface area contributed by atoms with Gasteiger partial charge in [-0.2, -0.15) is 0 Å². The lowest BCUT2D eigenvalue weighted by Crippen LogP contribution is -2.15. The van der Waals surface area contributed by atoms with Crippen molar-refractivity contribution in [2.75, 3.05) is 151 Å². The number of carbonyl (C=O) groups is 1. The molecule has 0 saturated carbocycles. The van der Waals surface area contributed by atoms with Gasteiger partial charge in [0.1, 0.15) is 6.61 Å². The number of nitrogens with one attached hydrogen (secondary N) is 1. The molecule has 13 heteroatoms. The van der Waals surface area contributed by atoms with Gasteiger partial charge in [-0.1, -0.05) is 33.6 Å². The Morgan fingerprint density at radius 1 is 0.531 bits per heavy atom. The molecule has 0 fully saturated rings. The van der Waals surface area contributed by atoms with Crippen LogP contribution >= 0.6 is 0 Å². The maximum absolute atomic E-state index is 12.1. The van der Waals surface area contributed by atoms with Crippen molar-refractivity contribution in [3.8, 4) is 0 Å². The van der Waals surface area contributed by atoms with Gasteiger partial charge in [-0.05, 0) is 36.6 Å². The van der Waals surface area contributed by atoms with Crippen molar-refractivity contribution in [1.82, 2.24) is 0 Å². The van der Waals surface area contributed by atoms with Crippen molar-refractivity contribution in [2.45, 2.75) is 40.0 Å². The third-order valence-corrected chi connectivity index (χ3v) is 6.89. The molecule has 286 valence electrons. The fourth-order valence-electron chi connectivity index (χ4n) is 3.79. The Hall–Kier alpha value is -1.91. The summed E-state index contributed by atoms with van der Waals surface area (Å²) in [6, 6.07) is 7.30. The van der Waals surface area contributed by atoms with Crippen molar-refractivity contribution in [1.29, 1.82) is 0 Å². The van der Waals surface area contributed by atoms with Crippen molar-refractivity contribution >= 4 is 11.7 Å². The van der Waals surface area contributed by atoms with Crippen LogP contribution in [-0.4, -0.2) is 151 Å². The Kier molecular flexibility index (Phi) is 33.1. The zero-order chi connectivity index (χ0) is 35.3. The van der Waals surface area contributed by atoms with Gasteiger partial charge in [0.15, 0.2) is 0 Å². The van der Waals surface area contributed by atoms with Gasteiger partial charge in [0.25, 0.3) is 0 Å². The Bertz CT molecular complexity index is 833. The second kappa shape index (κ2) is 35.9. The number of hydrogen-bond acceptors (Lipinski definition) is 13. The summed E-state index contributed by atoms with van der Waals surface area (Å²) in [6.07, 6.45) is 3.37. The third kappa shape index (κ3) is 30.6. The van der Waals surface area contributed by atoms with Gasteiger partial charge in [0.05, 0.1) is 131 Å². The van der Waals surface area contributed by atoms with E-state index in [1.807, 2.05) is 12.1 Å². The Labute approximate surface area is 294 Å². The highest BCUT2D eigenvalue weighted by Crippen LogP contribution is 2.11. The van der Waals surface area contributed by atoms with E-state index in [1.165, 1.54) is 0 Å². The first kappa shape index (κ1) is 45.1. The molecular formula is C36H65NO12. The molecule has 0 amide bonds. The van der Waals surface area contributed by atoms with E-state index in [2.05, 4.69) is 26.1 Å². The van der Waals surface area contributed by atoms with Crippen LogP contribution in [0.15, 0.2) is 24.3 Å². The maximum Gasteiger partial charge on any atom is 0.338 e. The van der Waals surface area contributed by atoms with Crippen LogP contribution in [0.1, 0.15) is 50.4 Å². The highest BCUT2D eigenvalue weighted by Gasteiger charge is 2.07. The quantitative estimate of drug-likeness (QED) is 0.0778. The second-order valence-corrected chi connectivity index (χ2v) is 11.1. The smallest absolute Gasteiger partial charge is 0.338 e. The molecule has 1 aromatic carbocycles. The molecule has 0 aliphatic rings. The summed E-state index contributed by atoms with van der Waals surface area (Å²) < 4.78 is 60.1. The molecule has 0 aliphatic heterocycles. The largest absolute Gasteiger partial charge is 0.460 e. The maximum atomic E-state index is 12.1. The molecule has 0 saturated heterocycles. The molecule has 1 atom stereocenters. The standard InChI is InChI=1S/C36H65NO12/c1-4-6-11-37-35-9-7-34(8-10-35)36(38)49-31-30-47-27-26-45-23-22-43-19-18-41-15-14-39-12-13-40-16-17-42-20-21-44-24-25-46-28-29-48-32-33(3)5-2/h7-10,33,37H,4-6,11-32H2,1-3H3. The molecular weight excluding hydrogens is 638 g/mol. The van der Waals surface area contributed by atoms with Gasteiger partial charge in [-0.3, -0.25) is 0 Å². The first-order valence-corrected chi connectivity index (χ1v) is 18.0. The van der Waals surface area contributed by atoms with E-state index in [-0.39, 0.29) is 12.6 Å². The van der Waals surface area contributed by atoms with E-state index >= 15 is 0 Å². The monoisotopic (exact) mass is 703 g/mol. The normalized spacial score (nSPS) is 12.0. The second-order valence-electron chi connectivity index (χ2n) is 11.1. The molecule has 0 bridgehead atoms. The highest BCUT2D eigenvalue weighted by molar-refractivity contribution is 5.89. The number of benzene rings is 1. The summed E-state index contributed by atoms with van der Waals surface area (Å²) in [7, 11) is 0. The van der Waals surface area contributed by atoms with Gasteiger partial charge < -0.3 is 57.4 Å². The molecule has 0 spiro atoms. The van der Waals surface area contributed by atoms with Crippen LogP contribution in [0, 0.1) is 5.92 Å². The van der Waals surface area contributed by atoms with Crippen LogP contribution in [0.25, 0.3) is 0 Å². The molecule has 49 heavy (non-hydrogen) atoms. The Morgan fingerprint density at radius 2 is 0.878 bits per heavy atom. The first-order valence-electron chi connectivity index (χ1n) is 18.0. The Balaban J connectivity index is 1.70. The van der Waals surface area contributed by atoms with Crippen molar-refractivity contribution in [3.05, 3.63) is 29.8 Å². The van der Waals surface area contributed by atoms with Gasteiger partial charge in [-0.25, -0.2) is 4.79 Å². The topological polar surface area (TPSA) is 131 Å². The van der Waals surface area contributed by atoms with E-state index in [9.17, 15) is 4.79 Å².